The van der Waals surface area contributed by atoms with Crippen LogP contribution in [0.15, 0.2) is 6.07 Å². The molecule has 0 saturated heterocycles. The van der Waals surface area contributed by atoms with Crippen molar-refractivity contribution in [1.82, 2.24) is 0 Å². The molecular formula is C12H19ClS. The maximum atomic E-state index is 6.38. The van der Waals surface area contributed by atoms with Gasteiger partial charge in [0.2, 0.25) is 0 Å². The average molecular weight is 231 g/mol. The minimum Gasteiger partial charge on any atom is -0.146 e. The summed E-state index contributed by atoms with van der Waals surface area (Å²) in [6.45, 7) is 8.80. The molecule has 1 unspecified atom stereocenters. The van der Waals surface area contributed by atoms with Crippen molar-refractivity contribution >= 4 is 22.9 Å². The van der Waals surface area contributed by atoms with Crippen molar-refractivity contribution in [1.29, 1.82) is 0 Å². The first-order chi connectivity index (χ1) is 6.50. The van der Waals surface area contributed by atoms with Gasteiger partial charge < -0.3 is 0 Å². The van der Waals surface area contributed by atoms with Gasteiger partial charge in [-0.1, -0.05) is 13.8 Å². The summed E-state index contributed by atoms with van der Waals surface area (Å²) in [5, 5.41) is 0.211. The first-order valence-electron chi connectivity index (χ1n) is 5.21. The van der Waals surface area contributed by atoms with E-state index in [1.807, 2.05) is 11.3 Å². The topological polar surface area (TPSA) is 0 Å². The van der Waals surface area contributed by atoms with Gasteiger partial charge in [-0.15, -0.1) is 22.9 Å². The lowest BCUT2D eigenvalue weighted by Gasteiger charge is -2.10. The molecule has 1 aromatic rings. The normalized spacial score (nSPS) is 13.6. The molecule has 0 aliphatic rings. The second-order valence-corrected chi connectivity index (χ2v) is 6.29. The molecule has 0 nitrogen and oxygen atoms in total. The van der Waals surface area contributed by atoms with Crippen LogP contribution >= 0.6 is 22.9 Å². The van der Waals surface area contributed by atoms with Gasteiger partial charge in [0, 0.05) is 9.75 Å². The molecule has 0 saturated carbocycles. The standard InChI is InChI=1S/C12H19ClS/c1-8(2)5-6-12(13)11-7-9(3)14-10(11)4/h7-8,12H,5-6H2,1-4H3. The molecule has 80 valence electrons. The van der Waals surface area contributed by atoms with Gasteiger partial charge in [-0.3, -0.25) is 0 Å². The van der Waals surface area contributed by atoms with Crippen LogP contribution in [0.1, 0.15) is 47.4 Å². The molecule has 0 bridgehead atoms. The molecular weight excluding hydrogens is 212 g/mol. The maximum absolute atomic E-state index is 6.38. The van der Waals surface area contributed by atoms with Gasteiger partial charge in [0.15, 0.2) is 0 Å². The van der Waals surface area contributed by atoms with Crippen LogP contribution in [0.4, 0.5) is 0 Å². The van der Waals surface area contributed by atoms with E-state index >= 15 is 0 Å². The third-order valence-corrected chi connectivity index (χ3v) is 3.85. The molecule has 1 rings (SSSR count). The van der Waals surface area contributed by atoms with Crippen LogP contribution in [-0.2, 0) is 0 Å². The summed E-state index contributed by atoms with van der Waals surface area (Å²) >= 11 is 8.22. The predicted molar refractivity (Wildman–Crippen MR) is 66.5 cm³/mol. The smallest absolute Gasteiger partial charge is 0.0596 e. The highest BCUT2D eigenvalue weighted by atomic mass is 35.5. The summed E-state index contributed by atoms with van der Waals surface area (Å²) in [5.41, 5.74) is 1.34. The van der Waals surface area contributed by atoms with Crippen LogP contribution in [0.3, 0.4) is 0 Å². The Balaban J connectivity index is 2.60. The van der Waals surface area contributed by atoms with Gasteiger partial charge in [0.1, 0.15) is 0 Å². The Morgan fingerprint density at radius 2 is 1.93 bits per heavy atom. The monoisotopic (exact) mass is 230 g/mol. The van der Waals surface area contributed by atoms with Crippen molar-refractivity contribution in [2.24, 2.45) is 5.92 Å². The highest BCUT2D eigenvalue weighted by Gasteiger charge is 2.13. The molecule has 1 heterocycles. The fourth-order valence-corrected chi connectivity index (χ4v) is 3.00. The SMILES string of the molecule is Cc1cc(C(Cl)CCC(C)C)c(C)s1. The van der Waals surface area contributed by atoms with E-state index in [1.54, 1.807) is 0 Å². The molecule has 0 fully saturated rings. The zero-order valence-electron chi connectivity index (χ0n) is 9.43. The van der Waals surface area contributed by atoms with E-state index in [0.717, 1.165) is 12.3 Å². The first kappa shape index (κ1) is 12.1. The number of thiophene rings is 1. The molecule has 1 aromatic heterocycles. The number of rotatable bonds is 4. The van der Waals surface area contributed by atoms with E-state index in [9.17, 15) is 0 Å². The molecule has 0 aromatic carbocycles. The highest BCUT2D eigenvalue weighted by Crippen LogP contribution is 2.33. The summed E-state index contributed by atoms with van der Waals surface area (Å²) in [6, 6.07) is 2.23. The number of hydrogen-bond donors (Lipinski definition) is 0. The summed E-state index contributed by atoms with van der Waals surface area (Å²) in [4.78, 5) is 2.75. The first-order valence-corrected chi connectivity index (χ1v) is 6.47. The second kappa shape index (κ2) is 5.18. The van der Waals surface area contributed by atoms with Crippen molar-refractivity contribution < 1.29 is 0 Å². The molecule has 0 radical (unpaired) electrons. The molecule has 0 spiro atoms. The second-order valence-electron chi connectivity index (χ2n) is 4.31. The summed E-state index contributed by atoms with van der Waals surface area (Å²) in [7, 11) is 0. The third kappa shape index (κ3) is 3.29. The molecule has 0 aliphatic heterocycles. The number of alkyl halides is 1. The lowest BCUT2D eigenvalue weighted by Crippen LogP contribution is -1.94. The highest BCUT2D eigenvalue weighted by molar-refractivity contribution is 7.12. The van der Waals surface area contributed by atoms with Crippen LogP contribution in [-0.4, -0.2) is 0 Å². The molecule has 0 aliphatic carbocycles. The van der Waals surface area contributed by atoms with Crippen molar-refractivity contribution in [2.75, 3.05) is 0 Å². The Morgan fingerprint density at radius 3 is 2.36 bits per heavy atom. The van der Waals surface area contributed by atoms with Crippen LogP contribution in [0.5, 0.6) is 0 Å². The van der Waals surface area contributed by atoms with E-state index in [-0.39, 0.29) is 5.38 Å². The van der Waals surface area contributed by atoms with Gasteiger partial charge >= 0.3 is 0 Å². The third-order valence-electron chi connectivity index (χ3n) is 2.41. The fourth-order valence-electron chi connectivity index (χ4n) is 1.60. The quantitative estimate of drug-likeness (QED) is 0.633. The Bertz CT molecular complexity index is 289. The lowest BCUT2D eigenvalue weighted by atomic mass is 10.0. The van der Waals surface area contributed by atoms with Crippen LogP contribution in [0.25, 0.3) is 0 Å². The predicted octanol–water partition coefficient (Wildman–Crippen LogP) is 5.08. The Labute approximate surface area is 96.3 Å². The molecule has 14 heavy (non-hydrogen) atoms. The van der Waals surface area contributed by atoms with Gasteiger partial charge in [0.05, 0.1) is 5.38 Å². The molecule has 0 N–H and O–H groups in total. The van der Waals surface area contributed by atoms with E-state index in [1.165, 1.54) is 21.7 Å². The summed E-state index contributed by atoms with van der Waals surface area (Å²) in [5.74, 6) is 0.747. The van der Waals surface area contributed by atoms with Gasteiger partial charge in [-0.2, -0.15) is 0 Å². The number of halogens is 1. The van der Waals surface area contributed by atoms with Gasteiger partial charge in [0.25, 0.3) is 0 Å². The summed E-state index contributed by atoms with van der Waals surface area (Å²) in [6.07, 6.45) is 2.30. The van der Waals surface area contributed by atoms with E-state index in [4.69, 9.17) is 11.6 Å². The van der Waals surface area contributed by atoms with Crippen molar-refractivity contribution in [3.05, 3.63) is 21.4 Å². The van der Waals surface area contributed by atoms with Crippen molar-refractivity contribution in [3.8, 4) is 0 Å². The summed E-state index contributed by atoms with van der Waals surface area (Å²) < 4.78 is 0. The number of aryl methyl sites for hydroxylation is 2. The largest absolute Gasteiger partial charge is 0.146 e. The zero-order chi connectivity index (χ0) is 10.7. The van der Waals surface area contributed by atoms with Gasteiger partial charge in [-0.25, -0.2) is 0 Å². The minimum atomic E-state index is 0.211. The fraction of sp³-hybridized carbons (Fsp3) is 0.667. The Morgan fingerprint density at radius 1 is 1.29 bits per heavy atom. The molecule has 1 atom stereocenters. The van der Waals surface area contributed by atoms with Crippen LogP contribution in [0.2, 0.25) is 0 Å². The minimum absolute atomic E-state index is 0.211. The van der Waals surface area contributed by atoms with Gasteiger partial charge in [-0.05, 0) is 44.2 Å². The average Bonchev–Trinajstić information content (AvgIpc) is 2.41. The van der Waals surface area contributed by atoms with Crippen molar-refractivity contribution in [3.63, 3.8) is 0 Å². The Kier molecular flexibility index (Phi) is 4.46. The maximum Gasteiger partial charge on any atom is 0.0596 e. The lowest BCUT2D eigenvalue weighted by molar-refractivity contribution is 0.549. The molecule has 2 heteroatoms. The van der Waals surface area contributed by atoms with Crippen LogP contribution in [0, 0.1) is 19.8 Å². The zero-order valence-corrected chi connectivity index (χ0v) is 11.0. The van der Waals surface area contributed by atoms with Crippen LogP contribution < -0.4 is 0 Å². The van der Waals surface area contributed by atoms with Crippen molar-refractivity contribution in [2.45, 2.75) is 45.9 Å². The molecule has 0 amide bonds. The van der Waals surface area contributed by atoms with E-state index in [2.05, 4.69) is 33.8 Å². The number of hydrogen-bond acceptors (Lipinski definition) is 1. The van der Waals surface area contributed by atoms with E-state index in [0.29, 0.717) is 0 Å². The van der Waals surface area contributed by atoms with E-state index < -0.39 is 0 Å². The Hall–Kier alpha value is -0.0100.